The summed E-state index contributed by atoms with van der Waals surface area (Å²) in [5.74, 6) is -0.312. The van der Waals surface area contributed by atoms with Gasteiger partial charge < -0.3 is 14.6 Å². The molecule has 1 heterocycles. The first-order valence-corrected chi connectivity index (χ1v) is 5.59. The smallest absolute Gasteiger partial charge is 0.308 e. The van der Waals surface area contributed by atoms with Crippen LogP contribution in [-0.2, 0) is 11.3 Å². The number of rotatable bonds is 6. The lowest BCUT2D eigenvalue weighted by molar-refractivity contribution is -0.140. The van der Waals surface area contributed by atoms with Crippen LogP contribution in [0.5, 0.6) is 0 Å². The molecule has 0 aliphatic heterocycles. The van der Waals surface area contributed by atoms with Crippen molar-refractivity contribution < 1.29 is 9.90 Å². The SMILES string of the molecule is CCN(CC(C)C(=O)O)c1nccn1CC. The maximum absolute atomic E-state index is 10.8. The highest BCUT2D eigenvalue weighted by Crippen LogP contribution is 2.13. The van der Waals surface area contributed by atoms with Crippen molar-refractivity contribution in [2.45, 2.75) is 27.3 Å². The number of aromatic nitrogens is 2. The summed E-state index contributed by atoms with van der Waals surface area (Å²) in [6.45, 7) is 7.85. The van der Waals surface area contributed by atoms with Crippen molar-refractivity contribution in [3.63, 3.8) is 0 Å². The molecule has 1 N–H and O–H groups in total. The Morgan fingerprint density at radius 1 is 1.62 bits per heavy atom. The number of nitrogens with zero attached hydrogens (tertiary/aromatic N) is 3. The van der Waals surface area contributed by atoms with Crippen LogP contribution in [0.2, 0.25) is 0 Å². The lowest BCUT2D eigenvalue weighted by Gasteiger charge is -2.24. The summed E-state index contributed by atoms with van der Waals surface area (Å²) in [7, 11) is 0. The van der Waals surface area contributed by atoms with Gasteiger partial charge in [-0.3, -0.25) is 4.79 Å². The minimum absolute atomic E-state index is 0.387. The van der Waals surface area contributed by atoms with Crippen molar-refractivity contribution in [2.24, 2.45) is 5.92 Å². The number of carboxylic acids is 1. The van der Waals surface area contributed by atoms with E-state index in [0.29, 0.717) is 6.54 Å². The number of carbonyl (C=O) groups is 1. The van der Waals surface area contributed by atoms with Crippen molar-refractivity contribution in [2.75, 3.05) is 18.0 Å². The van der Waals surface area contributed by atoms with Crippen molar-refractivity contribution in [1.29, 1.82) is 0 Å². The lowest BCUT2D eigenvalue weighted by atomic mass is 10.2. The number of anilines is 1. The third kappa shape index (κ3) is 2.74. The van der Waals surface area contributed by atoms with Gasteiger partial charge in [0.25, 0.3) is 0 Å². The molecule has 5 nitrogen and oxygen atoms in total. The van der Waals surface area contributed by atoms with Crippen LogP contribution in [0.15, 0.2) is 12.4 Å². The van der Waals surface area contributed by atoms with E-state index < -0.39 is 5.97 Å². The van der Waals surface area contributed by atoms with Crippen LogP contribution in [-0.4, -0.2) is 33.7 Å². The zero-order chi connectivity index (χ0) is 12.1. The fourth-order valence-electron chi connectivity index (χ4n) is 1.59. The van der Waals surface area contributed by atoms with Gasteiger partial charge in [-0.05, 0) is 13.8 Å². The highest BCUT2D eigenvalue weighted by molar-refractivity contribution is 5.70. The molecule has 0 radical (unpaired) electrons. The maximum Gasteiger partial charge on any atom is 0.308 e. The van der Waals surface area contributed by atoms with Crippen molar-refractivity contribution in [1.82, 2.24) is 9.55 Å². The summed E-state index contributed by atoms with van der Waals surface area (Å²) in [4.78, 5) is 17.1. The number of hydrogen-bond donors (Lipinski definition) is 1. The summed E-state index contributed by atoms with van der Waals surface area (Å²) in [6.07, 6.45) is 3.65. The normalized spacial score (nSPS) is 12.4. The minimum atomic E-state index is -0.770. The Morgan fingerprint density at radius 3 is 2.81 bits per heavy atom. The summed E-state index contributed by atoms with van der Waals surface area (Å²) in [6, 6.07) is 0. The first-order chi connectivity index (χ1) is 7.60. The average Bonchev–Trinajstić information content (AvgIpc) is 2.73. The van der Waals surface area contributed by atoms with Crippen molar-refractivity contribution in [3.8, 4) is 0 Å². The van der Waals surface area contributed by atoms with E-state index in [9.17, 15) is 4.79 Å². The molecule has 0 amide bonds. The Kier molecular flexibility index (Phi) is 4.34. The molecular weight excluding hydrogens is 206 g/mol. The predicted molar refractivity (Wildman–Crippen MR) is 62.6 cm³/mol. The Morgan fingerprint density at radius 2 is 2.31 bits per heavy atom. The minimum Gasteiger partial charge on any atom is -0.481 e. The van der Waals surface area contributed by atoms with E-state index in [2.05, 4.69) is 4.98 Å². The zero-order valence-electron chi connectivity index (χ0n) is 10.1. The van der Waals surface area contributed by atoms with Crippen molar-refractivity contribution >= 4 is 11.9 Å². The molecule has 0 aromatic carbocycles. The van der Waals surface area contributed by atoms with Gasteiger partial charge in [-0.25, -0.2) is 4.98 Å². The molecule has 0 bridgehead atoms. The van der Waals surface area contributed by atoms with Gasteiger partial charge in [0.2, 0.25) is 5.95 Å². The zero-order valence-corrected chi connectivity index (χ0v) is 10.1. The molecule has 5 heteroatoms. The van der Waals surface area contributed by atoms with E-state index in [1.54, 1.807) is 13.1 Å². The number of aliphatic carboxylic acids is 1. The quantitative estimate of drug-likeness (QED) is 0.796. The maximum atomic E-state index is 10.8. The van der Waals surface area contributed by atoms with Gasteiger partial charge in [0.05, 0.1) is 5.92 Å². The summed E-state index contributed by atoms with van der Waals surface area (Å²) in [5.41, 5.74) is 0. The molecule has 0 aliphatic carbocycles. The Balaban J connectivity index is 2.78. The highest BCUT2D eigenvalue weighted by Gasteiger charge is 2.18. The second kappa shape index (κ2) is 5.53. The molecule has 1 rings (SSSR count). The second-order valence-electron chi connectivity index (χ2n) is 3.79. The molecule has 1 aromatic rings. The van der Waals surface area contributed by atoms with Crippen LogP contribution in [0.1, 0.15) is 20.8 Å². The van der Waals surface area contributed by atoms with E-state index in [1.165, 1.54) is 0 Å². The molecule has 0 aliphatic rings. The molecule has 1 atom stereocenters. The average molecular weight is 225 g/mol. The van der Waals surface area contributed by atoms with Crippen LogP contribution < -0.4 is 4.90 Å². The van der Waals surface area contributed by atoms with E-state index in [0.717, 1.165) is 19.0 Å². The van der Waals surface area contributed by atoms with Gasteiger partial charge in [-0.2, -0.15) is 0 Å². The van der Waals surface area contributed by atoms with Crippen LogP contribution in [0.25, 0.3) is 0 Å². The molecule has 0 fully saturated rings. The lowest BCUT2D eigenvalue weighted by Crippen LogP contribution is -2.33. The number of aryl methyl sites for hydroxylation is 1. The first-order valence-electron chi connectivity index (χ1n) is 5.59. The second-order valence-corrected chi connectivity index (χ2v) is 3.79. The van der Waals surface area contributed by atoms with Gasteiger partial charge in [0.15, 0.2) is 0 Å². The van der Waals surface area contributed by atoms with E-state index in [4.69, 9.17) is 5.11 Å². The molecule has 0 saturated heterocycles. The molecular formula is C11H19N3O2. The van der Waals surface area contributed by atoms with Gasteiger partial charge in [0.1, 0.15) is 0 Å². The monoisotopic (exact) mass is 225 g/mol. The first kappa shape index (κ1) is 12.5. The fourth-order valence-corrected chi connectivity index (χ4v) is 1.59. The van der Waals surface area contributed by atoms with E-state index in [1.807, 2.05) is 29.5 Å². The van der Waals surface area contributed by atoms with Crippen LogP contribution in [0, 0.1) is 5.92 Å². The van der Waals surface area contributed by atoms with Crippen LogP contribution >= 0.6 is 0 Å². The van der Waals surface area contributed by atoms with Crippen LogP contribution in [0.4, 0.5) is 5.95 Å². The van der Waals surface area contributed by atoms with Gasteiger partial charge >= 0.3 is 5.97 Å². The largest absolute Gasteiger partial charge is 0.481 e. The number of carboxylic acid groups (broad SMARTS) is 1. The molecule has 1 unspecified atom stereocenters. The predicted octanol–water partition coefficient (Wildman–Crippen LogP) is 1.45. The topological polar surface area (TPSA) is 58.4 Å². The van der Waals surface area contributed by atoms with Crippen molar-refractivity contribution in [3.05, 3.63) is 12.4 Å². The van der Waals surface area contributed by atoms with E-state index >= 15 is 0 Å². The van der Waals surface area contributed by atoms with Gasteiger partial charge in [0, 0.05) is 32.0 Å². The molecule has 90 valence electrons. The Hall–Kier alpha value is -1.52. The third-order valence-electron chi connectivity index (χ3n) is 2.61. The number of hydrogen-bond acceptors (Lipinski definition) is 3. The third-order valence-corrected chi connectivity index (χ3v) is 2.61. The van der Waals surface area contributed by atoms with Gasteiger partial charge in [-0.15, -0.1) is 0 Å². The summed E-state index contributed by atoms with van der Waals surface area (Å²) in [5, 5.41) is 8.90. The highest BCUT2D eigenvalue weighted by atomic mass is 16.4. The molecule has 0 spiro atoms. The molecule has 16 heavy (non-hydrogen) atoms. The standard InChI is InChI=1S/C11H19N3O2/c1-4-13-7-6-12-11(13)14(5-2)8-9(3)10(15)16/h6-7,9H,4-5,8H2,1-3H3,(H,15,16). The Bertz CT molecular complexity index is 349. The van der Waals surface area contributed by atoms with Gasteiger partial charge in [-0.1, -0.05) is 6.92 Å². The van der Waals surface area contributed by atoms with Crippen LogP contribution in [0.3, 0.4) is 0 Å². The summed E-state index contributed by atoms with van der Waals surface area (Å²) >= 11 is 0. The number of imidazole rings is 1. The molecule has 1 aromatic heterocycles. The summed E-state index contributed by atoms with van der Waals surface area (Å²) < 4.78 is 2.01. The van der Waals surface area contributed by atoms with E-state index in [-0.39, 0.29) is 5.92 Å². The fraction of sp³-hybridized carbons (Fsp3) is 0.636. The molecule has 0 saturated carbocycles. The Labute approximate surface area is 95.7 Å².